The van der Waals surface area contributed by atoms with Gasteiger partial charge in [-0.15, -0.1) is 0 Å². The van der Waals surface area contributed by atoms with E-state index in [0.717, 1.165) is 12.8 Å². The SMILES string of the molecule is CCC(C)NC(=O)C(=O)Nc1ccc(NC(=O)C(=O)NC(C)CC)cc1. The van der Waals surface area contributed by atoms with Gasteiger partial charge in [-0.25, -0.2) is 0 Å². The van der Waals surface area contributed by atoms with Crippen LogP contribution in [-0.4, -0.2) is 35.7 Å². The van der Waals surface area contributed by atoms with Crippen molar-refractivity contribution in [2.75, 3.05) is 10.6 Å². The Morgan fingerprint density at radius 1 is 0.692 bits per heavy atom. The maximum absolute atomic E-state index is 11.8. The Hall–Kier alpha value is -2.90. The number of carbonyl (C=O) groups is 4. The maximum atomic E-state index is 11.8. The molecule has 0 aliphatic heterocycles. The van der Waals surface area contributed by atoms with E-state index in [1.165, 1.54) is 24.3 Å². The predicted octanol–water partition coefficient (Wildman–Crippen LogP) is 1.39. The Morgan fingerprint density at radius 3 is 1.27 bits per heavy atom. The van der Waals surface area contributed by atoms with Crippen molar-refractivity contribution in [1.29, 1.82) is 0 Å². The average molecular weight is 362 g/mol. The molecule has 0 radical (unpaired) electrons. The van der Waals surface area contributed by atoms with Crippen molar-refractivity contribution >= 4 is 35.0 Å². The molecule has 26 heavy (non-hydrogen) atoms. The van der Waals surface area contributed by atoms with E-state index in [1.807, 2.05) is 13.8 Å². The molecule has 142 valence electrons. The molecule has 2 unspecified atom stereocenters. The summed E-state index contributed by atoms with van der Waals surface area (Å²) in [5.41, 5.74) is 0.799. The second-order valence-electron chi connectivity index (χ2n) is 6.05. The van der Waals surface area contributed by atoms with Crippen LogP contribution in [0.1, 0.15) is 40.5 Å². The van der Waals surface area contributed by atoms with Gasteiger partial charge in [-0.2, -0.15) is 0 Å². The highest BCUT2D eigenvalue weighted by Gasteiger charge is 2.17. The van der Waals surface area contributed by atoms with Crippen LogP contribution in [0.5, 0.6) is 0 Å². The molecule has 1 aromatic rings. The van der Waals surface area contributed by atoms with Gasteiger partial charge in [0.25, 0.3) is 0 Å². The van der Waals surface area contributed by atoms with E-state index in [1.54, 1.807) is 13.8 Å². The van der Waals surface area contributed by atoms with Crippen molar-refractivity contribution in [3.63, 3.8) is 0 Å². The standard InChI is InChI=1S/C18H26N4O4/c1-5-11(3)19-15(23)17(25)21-13-7-9-14(10-8-13)22-18(26)16(24)20-12(4)6-2/h7-12H,5-6H2,1-4H3,(H,19,23)(H,20,24)(H,21,25)(H,22,26). The Kier molecular flexibility index (Phi) is 8.27. The molecule has 0 spiro atoms. The molecule has 0 heterocycles. The molecule has 0 aromatic heterocycles. The van der Waals surface area contributed by atoms with Crippen LogP contribution in [0.4, 0.5) is 11.4 Å². The smallest absolute Gasteiger partial charge is 0.313 e. The van der Waals surface area contributed by atoms with Crippen LogP contribution in [0, 0.1) is 0 Å². The lowest BCUT2D eigenvalue weighted by molar-refractivity contribution is -0.136. The first-order valence-corrected chi connectivity index (χ1v) is 8.60. The summed E-state index contributed by atoms with van der Waals surface area (Å²) in [5.74, 6) is -2.96. The van der Waals surface area contributed by atoms with Crippen LogP contribution >= 0.6 is 0 Å². The largest absolute Gasteiger partial charge is 0.345 e. The Bertz CT molecular complexity index is 601. The molecule has 8 nitrogen and oxygen atoms in total. The van der Waals surface area contributed by atoms with E-state index in [9.17, 15) is 19.2 Å². The van der Waals surface area contributed by atoms with Crippen LogP contribution in [0.15, 0.2) is 24.3 Å². The fraction of sp³-hybridized carbons (Fsp3) is 0.444. The lowest BCUT2D eigenvalue weighted by Gasteiger charge is -2.12. The van der Waals surface area contributed by atoms with Crippen LogP contribution in [-0.2, 0) is 19.2 Å². The number of hydrogen-bond donors (Lipinski definition) is 4. The molecule has 8 heteroatoms. The van der Waals surface area contributed by atoms with E-state index < -0.39 is 23.6 Å². The lowest BCUT2D eigenvalue weighted by atomic mass is 10.2. The van der Waals surface area contributed by atoms with Gasteiger partial charge in [0.05, 0.1) is 0 Å². The first-order valence-electron chi connectivity index (χ1n) is 8.60. The molecule has 1 aromatic carbocycles. The van der Waals surface area contributed by atoms with Gasteiger partial charge in [0.1, 0.15) is 0 Å². The summed E-state index contributed by atoms with van der Waals surface area (Å²) in [6.45, 7) is 7.41. The highest BCUT2D eigenvalue weighted by atomic mass is 16.2. The molecule has 0 bridgehead atoms. The van der Waals surface area contributed by atoms with E-state index in [-0.39, 0.29) is 12.1 Å². The molecule has 0 aliphatic carbocycles. The Labute approximate surface area is 153 Å². The number of carbonyl (C=O) groups excluding carboxylic acids is 4. The summed E-state index contributed by atoms with van der Waals surface area (Å²) in [5, 5.41) is 10.1. The number of hydrogen-bond acceptors (Lipinski definition) is 4. The number of amides is 4. The summed E-state index contributed by atoms with van der Waals surface area (Å²) in [4.78, 5) is 47.0. The number of anilines is 2. The first-order chi connectivity index (χ1) is 12.3. The zero-order chi connectivity index (χ0) is 19.7. The monoisotopic (exact) mass is 362 g/mol. The minimum Gasteiger partial charge on any atom is -0.345 e. The third-order valence-corrected chi connectivity index (χ3v) is 3.79. The van der Waals surface area contributed by atoms with Crippen LogP contribution < -0.4 is 21.3 Å². The molecule has 0 aliphatic rings. The van der Waals surface area contributed by atoms with E-state index in [0.29, 0.717) is 11.4 Å². The fourth-order valence-corrected chi connectivity index (χ4v) is 1.80. The molecular weight excluding hydrogens is 336 g/mol. The Balaban J connectivity index is 2.58. The van der Waals surface area contributed by atoms with Gasteiger partial charge >= 0.3 is 23.6 Å². The highest BCUT2D eigenvalue weighted by molar-refractivity contribution is 6.40. The molecule has 2 atom stereocenters. The quantitative estimate of drug-likeness (QED) is 0.572. The van der Waals surface area contributed by atoms with Crippen LogP contribution in [0.3, 0.4) is 0 Å². The summed E-state index contributed by atoms with van der Waals surface area (Å²) in [6, 6.07) is 5.92. The molecule has 0 fully saturated rings. The first kappa shape index (κ1) is 21.1. The van der Waals surface area contributed by atoms with Gasteiger partial charge in [-0.05, 0) is 51.0 Å². The molecule has 1 rings (SSSR count). The zero-order valence-corrected chi connectivity index (χ0v) is 15.5. The lowest BCUT2D eigenvalue weighted by Crippen LogP contribution is -2.40. The fourth-order valence-electron chi connectivity index (χ4n) is 1.80. The summed E-state index contributed by atoms with van der Waals surface area (Å²) >= 11 is 0. The Morgan fingerprint density at radius 2 is 1.00 bits per heavy atom. The number of rotatable bonds is 6. The molecule has 4 N–H and O–H groups in total. The van der Waals surface area contributed by atoms with E-state index >= 15 is 0 Å². The van der Waals surface area contributed by atoms with Crippen LogP contribution in [0.25, 0.3) is 0 Å². The van der Waals surface area contributed by atoms with Gasteiger partial charge in [0.2, 0.25) is 0 Å². The topological polar surface area (TPSA) is 116 Å². The summed E-state index contributed by atoms with van der Waals surface area (Å²) in [7, 11) is 0. The minimum absolute atomic E-state index is 0.0904. The summed E-state index contributed by atoms with van der Waals surface area (Å²) < 4.78 is 0. The second kappa shape index (κ2) is 10.2. The summed E-state index contributed by atoms with van der Waals surface area (Å²) in [6.07, 6.45) is 1.44. The van der Waals surface area contributed by atoms with Gasteiger partial charge in [0.15, 0.2) is 0 Å². The molecule has 0 saturated carbocycles. The van der Waals surface area contributed by atoms with Gasteiger partial charge < -0.3 is 21.3 Å². The van der Waals surface area contributed by atoms with Gasteiger partial charge in [0, 0.05) is 23.5 Å². The predicted molar refractivity (Wildman–Crippen MR) is 99.5 cm³/mol. The van der Waals surface area contributed by atoms with Crippen molar-refractivity contribution in [1.82, 2.24) is 10.6 Å². The number of nitrogens with one attached hydrogen (secondary N) is 4. The zero-order valence-electron chi connectivity index (χ0n) is 15.5. The van der Waals surface area contributed by atoms with Crippen molar-refractivity contribution in [3.8, 4) is 0 Å². The van der Waals surface area contributed by atoms with E-state index in [4.69, 9.17) is 0 Å². The van der Waals surface area contributed by atoms with Crippen molar-refractivity contribution in [2.45, 2.75) is 52.6 Å². The van der Waals surface area contributed by atoms with Crippen molar-refractivity contribution in [3.05, 3.63) is 24.3 Å². The third kappa shape index (κ3) is 6.92. The van der Waals surface area contributed by atoms with Gasteiger partial charge in [-0.1, -0.05) is 13.8 Å². The van der Waals surface area contributed by atoms with Crippen LogP contribution in [0.2, 0.25) is 0 Å². The van der Waals surface area contributed by atoms with E-state index in [2.05, 4.69) is 21.3 Å². The average Bonchev–Trinajstić information content (AvgIpc) is 2.62. The highest BCUT2D eigenvalue weighted by Crippen LogP contribution is 2.13. The molecular formula is C18H26N4O4. The molecule has 4 amide bonds. The maximum Gasteiger partial charge on any atom is 0.313 e. The van der Waals surface area contributed by atoms with Gasteiger partial charge in [-0.3, -0.25) is 19.2 Å². The second-order valence-corrected chi connectivity index (χ2v) is 6.05. The minimum atomic E-state index is -0.769. The van der Waals surface area contributed by atoms with Crippen molar-refractivity contribution < 1.29 is 19.2 Å². The number of benzene rings is 1. The molecule has 0 saturated heterocycles. The third-order valence-electron chi connectivity index (χ3n) is 3.79. The van der Waals surface area contributed by atoms with Crippen molar-refractivity contribution in [2.24, 2.45) is 0 Å². The normalized spacial score (nSPS) is 12.5.